The van der Waals surface area contributed by atoms with E-state index in [1.165, 1.54) is 6.07 Å². The Kier molecular flexibility index (Phi) is 8.38. The number of carbonyl (C=O) groups excluding carboxylic acids is 1. The summed E-state index contributed by atoms with van der Waals surface area (Å²) in [6.07, 6.45) is -4.11. The number of benzene rings is 1. The lowest BCUT2D eigenvalue weighted by atomic mass is 9.97. The van der Waals surface area contributed by atoms with Crippen LogP contribution in [-0.4, -0.2) is 46.7 Å². The largest absolute Gasteiger partial charge is 0.410 e. The maximum Gasteiger partial charge on any atom is 0.410 e. The van der Waals surface area contributed by atoms with Crippen LogP contribution in [0.3, 0.4) is 0 Å². The molecule has 0 fully saturated rings. The van der Waals surface area contributed by atoms with Gasteiger partial charge in [0.05, 0.1) is 6.04 Å². The number of hydrazine groups is 1. The van der Waals surface area contributed by atoms with Crippen LogP contribution in [0.15, 0.2) is 30.3 Å². The predicted octanol–water partition coefficient (Wildman–Crippen LogP) is 3.73. The Morgan fingerprint density at radius 2 is 2.06 bits per heavy atom. The number of amides is 1. The van der Waals surface area contributed by atoms with E-state index in [0.29, 0.717) is 30.3 Å². The zero-order valence-electron chi connectivity index (χ0n) is 17.7. The Morgan fingerprint density at radius 3 is 2.73 bits per heavy atom. The Balaban J connectivity index is 1.66. The highest BCUT2D eigenvalue weighted by Gasteiger charge is 2.46. The van der Waals surface area contributed by atoms with Crippen molar-refractivity contribution in [3.05, 3.63) is 46.6 Å². The molecule has 0 saturated heterocycles. The molecule has 0 saturated carbocycles. The lowest BCUT2D eigenvalue weighted by Crippen LogP contribution is -2.47. The van der Waals surface area contributed by atoms with Gasteiger partial charge < -0.3 is 15.4 Å². The molecular weight excluding hydrogens is 481 g/mol. The van der Waals surface area contributed by atoms with Crippen LogP contribution in [0.25, 0.3) is 0 Å². The van der Waals surface area contributed by atoms with Crippen LogP contribution in [-0.2, 0) is 4.74 Å². The van der Waals surface area contributed by atoms with Crippen molar-refractivity contribution in [3.63, 3.8) is 0 Å². The summed E-state index contributed by atoms with van der Waals surface area (Å²) >= 11 is 10.9. The molecule has 2 aromatic rings. The van der Waals surface area contributed by atoms with Gasteiger partial charge in [-0.1, -0.05) is 23.7 Å². The quantitative estimate of drug-likeness (QED) is 0.259. The number of carbonyl (C=O) groups is 1. The van der Waals surface area contributed by atoms with Crippen LogP contribution in [0, 0.1) is 0 Å². The molecule has 0 bridgehead atoms. The van der Waals surface area contributed by atoms with Crippen LogP contribution in [0.2, 0.25) is 5.02 Å². The Hall–Kier alpha value is -2.57. The second-order valence-electron chi connectivity index (χ2n) is 7.29. The van der Waals surface area contributed by atoms with Crippen molar-refractivity contribution in [1.29, 1.82) is 0 Å². The molecule has 33 heavy (non-hydrogen) atoms. The van der Waals surface area contributed by atoms with Crippen molar-refractivity contribution in [2.75, 3.05) is 25.1 Å². The molecule has 180 valence electrons. The van der Waals surface area contributed by atoms with E-state index in [4.69, 9.17) is 28.6 Å². The van der Waals surface area contributed by atoms with E-state index in [9.17, 15) is 18.0 Å². The summed E-state index contributed by atoms with van der Waals surface area (Å²) in [5.41, 5.74) is 5.31. The van der Waals surface area contributed by atoms with Gasteiger partial charge in [0, 0.05) is 37.3 Å². The van der Waals surface area contributed by atoms with E-state index < -0.39 is 24.2 Å². The lowest BCUT2D eigenvalue weighted by Gasteiger charge is -2.33. The molecule has 2 heterocycles. The number of fused-ring (bicyclic) bond motifs is 1. The first-order valence-electron chi connectivity index (χ1n) is 10.3. The van der Waals surface area contributed by atoms with Gasteiger partial charge in [-0.05, 0) is 43.3 Å². The zero-order valence-corrected chi connectivity index (χ0v) is 19.3. The van der Waals surface area contributed by atoms with Gasteiger partial charge in [-0.15, -0.1) is 0 Å². The average Bonchev–Trinajstić information content (AvgIpc) is 3.20. The predicted molar refractivity (Wildman–Crippen MR) is 122 cm³/mol. The summed E-state index contributed by atoms with van der Waals surface area (Å²) in [6, 6.07) is 5.32. The van der Waals surface area contributed by atoms with E-state index in [1.54, 1.807) is 24.3 Å². The van der Waals surface area contributed by atoms with Crippen molar-refractivity contribution in [3.8, 4) is 0 Å². The first-order chi connectivity index (χ1) is 15.7. The standard InChI is InChI=1S/C20H24ClF3N6O2S/c1-2-32-9-3-8-25-19(33)28-27-18(31)15-11-17-26-14(12-4-6-13(21)7-5-12)10-16(20(22,23)24)30(17)29-15/h4-7,11,14,16,26H,2-3,8-10H2,1H3,(H,27,31)(H2,25,28,33). The summed E-state index contributed by atoms with van der Waals surface area (Å²) in [6.45, 7) is 3.62. The summed E-state index contributed by atoms with van der Waals surface area (Å²) in [7, 11) is 0. The normalized spacial score (nSPS) is 17.6. The number of halogens is 4. The molecule has 1 aromatic carbocycles. The molecule has 2 unspecified atom stereocenters. The van der Waals surface area contributed by atoms with Gasteiger partial charge in [0.1, 0.15) is 5.82 Å². The Bertz CT molecular complexity index is 970. The van der Waals surface area contributed by atoms with E-state index >= 15 is 0 Å². The number of hydrogen-bond acceptors (Lipinski definition) is 5. The second kappa shape index (κ2) is 11.0. The van der Waals surface area contributed by atoms with Crippen molar-refractivity contribution in [2.45, 2.75) is 38.0 Å². The monoisotopic (exact) mass is 504 g/mol. The van der Waals surface area contributed by atoms with E-state index in [0.717, 1.165) is 11.1 Å². The molecule has 4 N–H and O–H groups in total. The third-order valence-electron chi connectivity index (χ3n) is 4.94. The molecule has 8 nitrogen and oxygen atoms in total. The number of hydrogen-bond donors (Lipinski definition) is 4. The maximum atomic E-state index is 13.8. The van der Waals surface area contributed by atoms with E-state index in [1.807, 2.05) is 6.92 Å². The first-order valence-corrected chi connectivity index (χ1v) is 11.1. The van der Waals surface area contributed by atoms with Crippen LogP contribution in [0.1, 0.15) is 47.9 Å². The minimum atomic E-state index is -4.55. The fraction of sp³-hybridized carbons (Fsp3) is 0.450. The summed E-state index contributed by atoms with van der Waals surface area (Å²) < 4.78 is 47.3. The highest BCUT2D eigenvalue weighted by molar-refractivity contribution is 7.80. The number of thiocarbonyl (C=S) groups is 1. The van der Waals surface area contributed by atoms with Crippen molar-refractivity contribution in [1.82, 2.24) is 25.9 Å². The molecule has 0 aliphatic carbocycles. The van der Waals surface area contributed by atoms with Crippen LogP contribution >= 0.6 is 23.8 Å². The molecular formula is C20H24ClF3N6O2S. The fourth-order valence-electron chi connectivity index (χ4n) is 3.34. The van der Waals surface area contributed by atoms with Gasteiger partial charge in [-0.3, -0.25) is 15.6 Å². The SMILES string of the molecule is CCOCCCNC(=S)NNC(=O)c1cc2n(n1)C(C(F)(F)F)CC(c1ccc(Cl)cc1)N2. The number of nitrogens with one attached hydrogen (secondary N) is 4. The minimum Gasteiger partial charge on any atom is -0.382 e. The first kappa shape index (κ1) is 25.1. The smallest absolute Gasteiger partial charge is 0.382 e. The van der Waals surface area contributed by atoms with Crippen LogP contribution in [0.5, 0.6) is 0 Å². The second-order valence-corrected chi connectivity index (χ2v) is 8.13. The van der Waals surface area contributed by atoms with E-state index in [-0.39, 0.29) is 23.0 Å². The number of alkyl halides is 3. The number of ether oxygens (including phenoxy) is 1. The van der Waals surface area contributed by atoms with Gasteiger partial charge in [-0.25, -0.2) is 4.68 Å². The zero-order chi connectivity index (χ0) is 24.0. The molecule has 1 aliphatic rings. The molecule has 1 aliphatic heterocycles. The summed E-state index contributed by atoms with van der Waals surface area (Å²) in [5.74, 6) is -0.633. The molecule has 0 spiro atoms. The Morgan fingerprint density at radius 1 is 1.33 bits per heavy atom. The van der Waals surface area contributed by atoms with Gasteiger partial charge in [0.2, 0.25) is 0 Å². The Labute approximate surface area is 199 Å². The molecule has 0 radical (unpaired) electrons. The average molecular weight is 505 g/mol. The number of anilines is 1. The highest BCUT2D eigenvalue weighted by atomic mass is 35.5. The molecule has 2 atom stereocenters. The van der Waals surface area contributed by atoms with Crippen LogP contribution in [0.4, 0.5) is 19.0 Å². The third-order valence-corrected chi connectivity index (χ3v) is 5.44. The number of nitrogens with zero attached hydrogens (tertiary/aromatic N) is 2. The maximum absolute atomic E-state index is 13.8. The molecule has 1 amide bonds. The van der Waals surface area contributed by atoms with E-state index in [2.05, 4.69) is 26.6 Å². The summed E-state index contributed by atoms with van der Waals surface area (Å²) in [5, 5.41) is 10.5. The van der Waals surface area contributed by atoms with Gasteiger partial charge in [0.25, 0.3) is 5.91 Å². The van der Waals surface area contributed by atoms with Crippen molar-refractivity contribution >= 4 is 40.7 Å². The van der Waals surface area contributed by atoms with Gasteiger partial charge in [-0.2, -0.15) is 18.3 Å². The highest BCUT2D eigenvalue weighted by Crippen LogP contribution is 2.43. The minimum absolute atomic E-state index is 0.0882. The fourth-order valence-corrected chi connectivity index (χ4v) is 3.62. The van der Waals surface area contributed by atoms with Gasteiger partial charge in [0.15, 0.2) is 16.8 Å². The third kappa shape index (κ3) is 6.71. The topological polar surface area (TPSA) is 92.2 Å². The lowest BCUT2D eigenvalue weighted by molar-refractivity contribution is -0.173. The van der Waals surface area contributed by atoms with Crippen LogP contribution < -0.4 is 21.5 Å². The molecule has 3 rings (SSSR count). The van der Waals surface area contributed by atoms with Crippen molar-refractivity contribution in [2.24, 2.45) is 0 Å². The molecule has 13 heteroatoms. The molecule has 1 aromatic heterocycles. The van der Waals surface area contributed by atoms with Gasteiger partial charge >= 0.3 is 6.18 Å². The number of aromatic nitrogens is 2. The summed E-state index contributed by atoms with van der Waals surface area (Å²) in [4.78, 5) is 12.4. The van der Waals surface area contributed by atoms with Crippen molar-refractivity contribution < 1.29 is 22.7 Å². The number of rotatable bonds is 7.